The van der Waals surface area contributed by atoms with Gasteiger partial charge in [-0.15, -0.1) is 0 Å². The fourth-order valence-electron chi connectivity index (χ4n) is 5.83. The molecule has 9 nitrogen and oxygen atoms in total. The number of methoxy groups -OCH3 is 1. The highest BCUT2D eigenvalue weighted by atomic mass is 19.1. The topological polar surface area (TPSA) is 83.1 Å². The van der Waals surface area contributed by atoms with E-state index in [1.165, 1.54) is 0 Å². The van der Waals surface area contributed by atoms with Crippen LogP contribution in [0.15, 0.2) is 60.7 Å². The van der Waals surface area contributed by atoms with Gasteiger partial charge in [0, 0.05) is 12.7 Å². The molecular formula is C30H37FO9. The summed E-state index contributed by atoms with van der Waals surface area (Å²) in [7, 11) is 1.55. The third kappa shape index (κ3) is 5.70. The minimum atomic E-state index is -1.67. The maximum Gasteiger partial charge on any atom is 0.192 e. The third-order valence-corrected chi connectivity index (χ3v) is 7.71. The molecule has 4 saturated heterocycles. The van der Waals surface area contributed by atoms with Gasteiger partial charge < -0.3 is 42.6 Å². The Morgan fingerprint density at radius 1 is 0.850 bits per heavy atom. The summed E-state index contributed by atoms with van der Waals surface area (Å²) >= 11 is 0. The summed E-state index contributed by atoms with van der Waals surface area (Å²) in [5.41, 5.74) is 1.76. The zero-order valence-electron chi connectivity index (χ0n) is 23.1. The first-order valence-electron chi connectivity index (χ1n) is 13.8. The molecule has 2 aromatic rings. The van der Waals surface area contributed by atoms with Crippen LogP contribution in [0.4, 0.5) is 4.39 Å². The van der Waals surface area contributed by atoms with Gasteiger partial charge in [0.1, 0.15) is 36.6 Å². The summed E-state index contributed by atoms with van der Waals surface area (Å²) < 4.78 is 71.1. The van der Waals surface area contributed by atoms with Crippen molar-refractivity contribution in [3.63, 3.8) is 0 Å². The summed E-state index contributed by atoms with van der Waals surface area (Å²) in [6.45, 7) is 5.85. The normalized spacial score (nSPS) is 40.8. The zero-order valence-corrected chi connectivity index (χ0v) is 23.1. The van der Waals surface area contributed by atoms with E-state index in [-0.39, 0.29) is 13.2 Å². The highest BCUT2D eigenvalue weighted by molar-refractivity contribution is 5.17. The van der Waals surface area contributed by atoms with Crippen LogP contribution in [0.2, 0.25) is 0 Å². The molecule has 0 saturated carbocycles. The maximum atomic E-state index is 16.4. The summed E-state index contributed by atoms with van der Waals surface area (Å²) in [5, 5.41) is 0. The van der Waals surface area contributed by atoms with Gasteiger partial charge >= 0.3 is 0 Å². The SMILES string of the molecule is CO[C@@H]1O[C@@H](C)[C@H](O[C@H]2O[C@@H]3CO[C@@H](c4ccccc4)O[C@H]3[C@H](OCc3ccccc3)[C@@H]2F)[C@H]2OC(C)(C)O[C@@H]12. The molecule has 0 aromatic heterocycles. The van der Waals surface area contributed by atoms with Crippen LogP contribution in [0.5, 0.6) is 0 Å². The Morgan fingerprint density at radius 2 is 1.55 bits per heavy atom. The molecule has 11 atom stereocenters. The highest BCUT2D eigenvalue weighted by Crippen LogP contribution is 2.42. The van der Waals surface area contributed by atoms with Crippen LogP contribution in [-0.2, 0) is 49.2 Å². The fourth-order valence-corrected chi connectivity index (χ4v) is 5.83. The van der Waals surface area contributed by atoms with Crippen LogP contribution in [0.1, 0.15) is 38.2 Å². The van der Waals surface area contributed by atoms with Gasteiger partial charge in [-0.1, -0.05) is 60.7 Å². The van der Waals surface area contributed by atoms with Gasteiger partial charge in [0.05, 0.1) is 19.3 Å². The van der Waals surface area contributed by atoms with Crippen molar-refractivity contribution in [3.05, 3.63) is 71.8 Å². The molecule has 0 N–H and O–H groups in total. The van der Waals surface area contributed by atoms with Crippen molar-refractivity contribution >= 4 is 0 Å². The number of halogens is 1. The van der Waals surface area contributed by atoms with E-state index < -0.39 is 73.6 Å². The first-order valence-corrected chi connectivity index (χ1v) is 13.8. The minimum absolute atomic E-state index is 0.184. The predicted octanol–water partition coefficient (Wildman–Crippen LogP) is 4.05. The van der Waals surface area contributed by atoms with Crippen molar-refractivity contribution < 1.29 is 47.0 Å². The second-order valence-electron chi connectivity index (χ2n) is 11.0. The van der Waals surface area contributed by atoms with E-state index >= 15 is 4.39 Å². The number of hydrogen-bond donors (Lipinski definition) is 0. The number of rotatable bonds is 7. The molecule has 4 aliphatic rings. The molecule has 4 fully saturated rings. The van der Waals surface area contributed by atoms with Crippen LogP contribution in [0.3, 0.4) is 0 Å². The van der Waals surface area contributed by atoms with Gasteiger partial charge in [-0.25, -0.2) is 4.39 Å². The van der Waals surface area contributed by atoms with Crippen LogP contribution in [0, 0.1) is 0 Å². The van der Waals surface area contributed by atoms with Gasteiger partial charge in [-0.05, 0) is 26.3 Å². The molecule has 0 amide bonds. The first-order chi connectivity index (χ1) is 19.3. The number of fused-ring (bicyclic) bond motifs is 2. The Balaban J connectivity index is 1.22. The average Bonchev–Trinajstić information content (AvgIpc) is 3.30. The van der Waals surface area contributed by atoms with E-state index in [4.69, 9.17) is 42.6 Å². The Morgan fingerprint density at radius 3 is 2.27 bits per heavy atom. The lowest BCUT2D eigenvalue weighted by Crippen LogP contribution is -2.64. The van der Waals surface area contributed by atoms with Crippen molar-refractivity contribution in [2.75, 3.05) is 13.7 Å². The van der Waals surface area contributed by atoms with E-state index in [1.807, 2.05) is 81.4 Å². The van der Waals surface area contributed by atoms with E-state index in [1.54, 1.807) is 7.11 Å². The molecule has 0 aliphatic carbocycles. The fraction of sp³-hybridized carbons (Fsp3) is 0.600. The first kappa shape index (κ1) is 28.1. The van der Waals surface area contributed by atoms with Crippen LogP contribution in [0.25, 0.3) is 0 Å². The molecule has 10 heteroatoms. The highest BCUT2D eigenvalue weighted by Gasteiger charge is 2.58. The van der Waals surface area contributed by atoms with Crippen molar-refractivity contribution in [2.24, 2.45) is 0 Å². The van der Waals surface area contributed by atoms with Gasteiger partial charge in [0.25, 0.3) is 0 Å². The van der Waals surface area contributed by atoms with Crippen molar-refractivity contribution in [1.82, 2.24) is 0 Å². The van der Waals surface area contributed by atoms with Crippen molar-refractivity contribution in [2.45, 2.75) is 101 Å². The molecule has 4 heterocycles. The standard InChI is InChI=1S/C30H37FO9/c1-17-22(25-26(29(32-4)35-17)40-30(2,3)39-25)37-28-21(31)24(33-15-18-11-7-5-8-12-18)23-20(36-28)16-34-27(38-23)19-13-9-6-10-14-19/h5-14,17,20-29H,15-16H2,1-4H3/t17-,20+,21-,22-,23+,24+,25+,26+,27+,28+,29+/m0/s1. The smallest absolute Gasteiger partial charge is 0.192 e. The maximum absolute atomic E-state index is 16.4. The van der Waals surface area contributed by atoms with Crippen molar-refractivity contribution in [1.29, 1.82) is 0 Å². The number of alkyl halides is 1. The van der Waals surface area contributed by atoms with E-state index in [9.17, 15) is 0 Å². The quantitative estimate of drug-likeness (QED) is 0.498. The summed E-state index contributed by atoms with van der Waals surface area (Å²) in [6, 6.07) is 19.2. The lowest BCUT2D eigenvalue weighted by Gasteiger charge is -2.48. The zero-order chi connectivity index (χ0) is 27.9. The molecule has 6 rings (SSSR count). The lowest BCUT2D eigenvalue weighted by atomic mass is 9.96. The molecule has 2 aromatic carbocycles. The minimum Gasteiger partial charge on any atom is -0.367 e. The van der Waals surface area contributed by atoms with Crippen LogP contribution >= 0.6 is 0 Å². The van der Waals surface area contributed by atoms with Gasteiger partial charge in [0.15, 0.2) is 30.8 Å². The molecule has 0 radical (unpaired) electrons. The summed E-state index contributed by atoms with van der Waals surface area (Å²) in [6.07, 6.45) is -8.82. The van der Waals surface area contributed by atoms with E-state index in [2.05, 4.69) is 0 Å². The molecule has 218 valence electrons. The molecule has 0 bridgehead atoms. The summed E-state index contributed by atoms with van der Waals surface area (Å²) in [4.78, 5) is 0. The molecule has 40 heavy (non-hydrogen) atoms. The Labute approximate surface area is 233 Å². The lowest BCUT2D eigenvalue weighted by molar-refractivity contribution is -0.376. The summed E-state index contributed by atoms with van der Waals surface area (Å²) in [5.74, 6) is -0.881. The molecule has 4 aliphatic heterocycles. The number of ether oxygens (including phenoxy) is 9. The molecular weight excluding hydrogens is 523 g/mol. The second-order valence-corrected chi connectivity index (χ2v) is 11.0. The number of hydrogen-bond acceptors (Lipinski definition) is 9. The van der Waals surface area contributed by atoms with Gasteiger partial charge in [-0.3, -0.25) is 0 Å². The monoisotopic (exact) mass is 560 g/mol. The number of benzene rings is 2. The van der Waals surface area contributed by atoms with Gasteiger partial charge in [0.2, 0.25) is 0 Å². The average molecular weight is 561 g/mol. The Hall–Kier alpha value is -1.99. The van der Waals surface area contributed by atoms with E-state index in [0.29, 0.717) is 0 Å². The largest absolute Gasteiger partial charge is 0.367 e. The van der Waals surface area contributed by atoms with Crippen molar-refractivity contribution in [3.8, 4) is 0 Å². The van der Waals surface area contributed by atoms with Crippen LogP contribution in [-0.4, -0.2) is 81.0 Å². The third-order valence-electron chi connectivity index (χ3n) is 7.71. The van der Waals surface area contributed by atoms with Gasteiger partial charge in [-0.2, -0.15) is 0 Å². The van der Waals surface area contributed by atoms with Crippen LogP contribution < -0.4 is 0 Å². The predicted molar refractivity (Wildman–Crippen MR) is 139 cm³/mol. The Bertz CT molecular complexity index is 1100. The van der Waals surface area contributed by atoms with E-state index in [0.717, 1.165) is 11.1 Å². The second kappa shape index (κ2) is 11.7. The molecule has 0 unspecified atom stereocenters. The molecule has 0 spiro atoms. The Kier molecular flexibility index (Phi) is 8.24.